The molecule has 1 atom stereocenters. The van der Waals surface area contributed by atoms with Gasteiger partial charge in [0.15, 0.2) is 11.5 Å². The summed E-state index contributed by atoms with van der Waals surface area (Å²) in [4.78, 5) is 10.5. The molecule has 0 saturated heterocycles. The van der Waals surface area contributed by atoms with Crippen LogP contribution in [-0.4, -0.2) is 31.2 Å². The maximum absolute atomic E-state index is 5.49. The van der Waals surface area contributed by atoms with Crippen LogP contribution in [-0.2, 0) is 6.54 Å². The van der Waals surface area contributed by atoms with Crippen LogP contribution >= 0.6 is 36.2 Å². The van der Waals surface area contributed by atoms with Crippen molar-refractivity contribution >= 4 is 52.9 Å². The van der Waals surface area contributed by atoms with Crippen molar-refractivity contribution in [3.8, 4) is 22.6 Å². The molecule has 0 saturated carbocycles. The van der Waals surface area contributed by atoms with Gasteiger partial charge < -0.3 is 20.1 Å². The first-order valence-electron chi connectivity index (χ1n) is 10.5. The maximum atomic E-state index is 5.49. The SMILES string of the molecule is CNCc1ccccc1-c1csc([C@@H](C)Nc2nc(C)nc3cc(OC)c(OC)cc23)c1.Cl.Cl. The highest BCUT2D eigenvalue weighted by Crippen LogP contribution is 2.36. The largest absolute Gasteiger partial charge is 0.493 e. The third-order valence-electron chi connectivity index (χ3n) is 5.41. The lowest BCUT2D eigenvalue weighted by molar-refractivity contribution is 0.356. The Labute approximate surface area is 216 Å². The Kier molecular flexibility index (Phi) is 9.94. The predicted octanol–water partition coefficient (Wildman–Crippen LogP) is 6.42. The Balaban J connectivity index is 0.00000204. The summed E-state index contributed by atoms with van der Waals surface area (Å²) < 4.78 is 10.9. The molecule has 0 aliphatic heterocycles. The zero-order valence-electron chi connectivity index (χ0n) is 19.8. The Morgan fingerprint density at radius 2 is 1.71 bits per heavy atom. The first kappa shape index (κ1) is 27.7. The number of aryl methyl sites for hydroxylation is 1. The Bertz CT molecular complexity index is 1250. The zero-order chi connectivity index (χ0) is 22.7. The predicted molar refractivity (Wildman–Crippen MR) is 146 cm³/mol. The summed E-state index contributed by atoms with van der Waals surface area (Å²) in [5, 5.41) is 9.96. The average molecular weight is 522 g/mol. The van der Waals surface area contributed by atoms with E-state index in [1.807, 2.05) is 26.1 Å². The van der Waals surface area contributed by atoms with Crippen LogP contribution in [0.15, 0.2) is 47.8 Å². The first-order chi connectivity index (χ1) is 15.5. The van der Waals surface area contributed by atoms with E-state index in [9.17, 15) is 0 Å². The van der Waals surface area contributed by atoms with Gasteiger partial charge in [0.25, 0.3) is 0 Å². The fourth-order valence-electron chi connectivity index (χ4n) is 3.83. The van der Waals surface area contributed by atoms with Crippen LogP contribution in [0.25, 0.3) is 22.0 Å². The number of rotatable bonds is 8. The number of ether oxygens (including phenoxy) is 2. The molecule has 2 N–H and O–H groups in total. The summed E-state index contributed by atoms with van der Waals surface area (Å²) in [5.74, 6) is 2.79. The number of anilines is 1. The van der Waals surface area contributed by atoms with Crippen molar-refractivity contribution in [1.82, 2.24) is 15.3 Å². The molecule has 2 heterocycles. The average Bonchev–Trinajstić information content (AvgIpc) is 3.29. The molecule has 0 spiro atoms. The summed E-state index contributed by atoms with van der Waals surface area (Å²) in [6.45, 7) is 4.89. The second-order valence-corrected chi connectivity index (χ2v) is 8.58. The molecule has 9 heteroatoms. The van der Waals surface area contributed by atoms with Gasteiger partial charge in [-0.05, 0) is 55.1 Å². The van der Waals surface area contributed by atoms with Gasteiger partial charge in [-0.2, -0.15) is 0 Å². The minimum absolute atomic E-state index is 0. The van der Waals surface area contributed by atoms with Gasteiger partial charge >= 0.3 is 0 Å². The molecule has 0 aliphatic rings. The quantitative estimate of drug-likeness (QED) is 0.279. The molecule has 0 unspecified atom stereocenters. The minimum atomic E-state index is 0. The lowest BCUT2D eigenvalue weighted by Crippen LogP contribution is -2.08. The van der Waals surface area contributed by atoms with E-state index in [1.54, 1.807) is 25.6 Å². The van der Waals surface area contributed by atoms with Gasteiger partial charge in [-0.1, -0.05) is 24.3 Å². The number of hydrogen-bond donors (Lipinski definition) is 2. The first-order valence-corrected chi connectivity index (χ1v) is 11.4. The topological polar surface area (TPSA) is 68.3 Å². The maximum Gasteiger partial charge on any atom is 0.162 e. The number of nitrogens with zero attached hydrogens (tertiary/aromatic N) is 2. The van der Waals surface area contributed by atoms with E-state index in [4.69, 9.17) is 9.47 Å². The van der Waals surface area contributed by atoms with Crippen LogP contribution in [0, 0.1) is 6.92 Å². The van der Waals surface area contributed by atoms with Gasteiger partial charge in [0.1, 0.15) is 11.6 Å². The van der Waals surface area contributed by atoms with E-state index in [-0.39, 0.29) is 30.9 Å². The summed E-state index contributed by atoms with van der Waals surface area (Å²) in [6, 6.07) is 14.7. The lowest BCUT2D eigenvalue weighted by Gasteiger charge is -2.16. The highest BCUT2D eigenvalue weighted by Gasteiger charge is 2.16. The van der Waals surface area contributed by atoms with Crippen LogP contribution in [0.3, 0.4) is 0 Å². The molecule has 0 aliphatic carbocycles. The van der Waals surface area contributed by atoms with Gasteiger partial charge in [0, 0.05) is 22.9 Å². The van der Waals surface area contributed by atoms with Crippen molar-refractivity contribution in [2.45, 2.75) is 26.4 Å². The van der Waals surface area contributed by atoms with Gasteiger partial charge in [0.05, 0.1) is 25.8 Å². The molecule has 182 valence electrons. The number of methoxy groups -OCH3 is 2. The van der Waals surface area contributed by atoms with Crippen molar-refractivity contribution in [3.05, 3.63) is 64.1 Å². The monoisotopic (exact) mass is 520 g/mol. The van der Waals surface area contributed by atoms with Crippen molar-refractivity contribution in [1.29, 1.82) is 0 Å². The molecule has 2 aromatic carbocycles. The molecule has 0 bridgehead atoms. The van der Waals surface area contributed by atoms with Crippen LogP contribution in [0.4, 0.5) is 5.82 Å². The Hall–Kier alpha value is -2.58. The van der Waals surface area contributed by atoms with E-state index in [0.29, 0.717) is 17.3 Å². The van der Waals surface area contributed by atoms with Crippen LogP contribution in [0.2, 0.25) is 0 Å². The standard InChI is InChI=1S/C25H28N4O2S.2ClH/c1-15(24-10-18(14-32-24)19-9-7-6-8-17(19)13-26-3)27-25-20-11-22(30-4)23(31-5)12-21(20)28-16(2)29-25;;/h6-12,14-15,26H,13H2,1-5H3,(H,27,28,29);2*1H/t15-;;/m1../s1. The number of fused-ring (bicyclic) bond motifs is 1. The number of thiophene rings is 1. The normalized spacial score (nSPS) is 11.3. The Morgan fingerprint density at radius 1 is 1.00 bits per heavy atom. The molecule has 0 radical (unpaired) electrons. The lowest BCUT2D eigenvalue weighted by atomic mass is 10.0. The van der Waals surface area contributed by atoms with Gasteiger partial charge in [-0.15, -0.1) is 36.2 Å². The summed E-state index contributed by atoms with van der Waals surface area (Å²) in [5.41, 5.74) is 4.60. The van der Waals surface area contributed by atoms with E-state index in [1.165, 1.54) is 21.6 Å². The fourth-order valence-corrected chi connectivity index (χ4v) is 4.74. The number of hydrogen-bond acceptors (Lipinski definition) is 7. The summed E-state index contributed by atoms with van der Waals surface area (Å²) in [7, 11) is 5.23. The molecule has 6 nitrogen and oxygen atoms in total. The number of nitrogens with one attached hydrogen (secondary N) is 2. The fraction of sp³-hybridized carbons (Fsp3) is 0.280. The molecular formula is C25H30Cl2N4O2S. The summed E-state index contributed by atoms with van der Waals surface area (Å²) in [6.07, 6.45) is 0. The third-order valence-corrected chi connectivity index (χ3v) is 6.52. The molecule has 34 heavy (non-hydrogen) atoms. The van der Waals surface area contributed by atoms with Crippen molar-refractivity contribution < 1.29 is 9.47 Å². The summed E-state index contributed by atoms with van der Waals surface area (Å²) >= 11 is 1.75. The Morgan fingerprint density at radius 3 is 2.41 bits per heavy atom. The second-order valence-electron chi connectivity index (χ2n) is 7.64. The molecule has 0 amide bonds. The van der Waals surface area contributed by atoms with Gasteiger partial charge in [-0.3, -0.25) is 0 Å². The van der Waals surface area contributed by atoms with Crippen molar-refractivity contribution in [3.63, 3.8) is 0 Å². The highest BCUT2D eigenvalue weighted by molar-refractivity contribution is 7.10. The van der Waals surface area contributed by atoms with E-state index >= 15 is 0 Å². The van der Waals surface area contributed by atoms with E-state index < -0.39 is 0 Å². The van der Waals surface area contributed by atoms with E-state index in [2.05, 4.69) is 63.2 Å². The smallest absolute Gasteiger partial charge is 0.162 e. The number of halogens is 2. The highest BCUT2D eigenvalue weighted by atomic mass is 35.5. The number of benzene rings is 2. The molecule has 2 aromatic heterocycles. The van der Waals surface area contributed by atoms with Crippen LogP contribution in [0.5, 0.6) is 11.5 Å². The molecule has 4 rings (SSSR count). The minimum Gasteiger partial charge on any atom is -0.493 e. The van der Waals surface area contributed by atoms with Gasteiger partial charge in [0.2, 0.25) is 0 Å². The zero-order valence-corrected chi connectivity index (χ0v) is 22.3. The van der Waals surface area contributed by atoms with Crippen molar-refractivity contribution in [2.75, 3.05) is 26.6 Å². The number of aromatic nitrogens is 2. The molecule has 4 aromatic rings. The molecule has 0 fully saturated rings. The van der Waals surface area contributed by atoms with Crippen LogP contribution in [0.1, 0.15) is 29.2 Å². The second kappa shape index (κ2) is 12.2. The van der Waals surface area contributed by atoms with Crippen molar-refractivity contribution in [2.24, 2.45) is 0 Å². The van der Waals surface area contributed by atoms with E-state index in [0.717, 1.165) is 23.3 Å². The van der Waals surface area contributed by atoms with Gasteiger partial charge in [-0.25, -0.2) is 9.97 Å². The van der Waals surface area contributed by atoms with Crippen LogP contribution < -0.4 is 20.1 Å². The molecular weight excluding hydrogens is 491 g/mol. The third kappa shape index (κ3) is 5.73.